The maximum absolute atomic E-state index is 5.43. The predicted molar refractivity (Wildman–Crippen MR) is 117 cm³/mol. The second-order valence-electron chi connectivity index (χ2n) is 7.45. The molecule has 1 aromatic carbocycles. The Morgan fingerprint density at radius 2 is 1.97 bits per heavy atom. The molecule has 0 atom stereocenters. The molecule has 2 fully saturated rings. The summed E-state index contributed by atoms with van der Waals surface area (Å²) < 4.78 is 5.43. The number of rotatable bonds is 7. The summed E-state index contributed by atoms with van der Waals surface area (Å²) >= 11 is 1.60. The first-order valence-corrected chi connectivity index (χ1v) is 11.3. The number of hydrogen-bond donors (Lipinski definition) is 3. The summed E-state index contributed by atoms with van der Waals surface area (Å²) in [5.74, 6) is 2.16. The molecule has 0 unspecified atom stereocenters. The van der Waals surface area contributed by atoms with Crippen LogP contribution in [0.4, 0.5) is 23.1 Å². The molecular formula is C20H25N7OS. The van der Waals surface area contributed by atoms with E-state index in [4.69, 9.17) is 9.72 Å². The first-order chi connectivity index (χ1) is 14.3. The van der Waals surface area contributed by atoms with Gasteiger partial charge in [0.1, 0.15) is 10.8 Å². The third-order valence-electron chi connectivity index (χ3n) is 5.33. The Labute approximate surface area is 173 Å². The van der Waals surface area contributed by atoms with E-state index in [1.807, 2.05) is 6.26 Å². The van der Waals surface area contributed by atoms with Gasteiger partial charge >= 0.3 is 0 Å². The Morgan fingerprint density at radius 1 is 1.17 bits per heavy atom. The predicted octanol–water partition coefficient (Wildman–Crippen LogP) is 3.48. The van der Waals surface area contributed by atoms with Crippen molar-refractivity contribution in [2.24, 2.45) is 5.92 Å². The van der Waals surface area contributed by atoms with Gasteiger partial charge in [0, 0.05) is 31.0 Å². The second-order valence-corrected chi connectivity index (χ2v) is 8.24. The van der Waals surface area contributed by atoms with Crippen molar-refractivity contribution in [1.29, 1.82) is 0 Å². The minimum atomic E-state index is 0.561. The first-order valence-electron chi connectivity index (χ1n) is 10.0. The summed E-state index contributed by atoms with van der Waals surface area (Å²) in [6.07, 6.45) is 4.60. The minimum absolute atomic E-state index is 0.561. The lowest BCUT2D eigenvalue weighted by Gasteiger charge is -2.28. The number of aromatic nitrogens is 4. The number of thioether (sulfide) groups is 1. The molecule has 3 heterocycles. The van der Waals surface area contributed by atoms with Crippen LogP contribution >= 0.6 is 11.8 Å². The second kappa shape index (κ2) is 8.08. The van der Waals surface area contributed by atoms with Gasteiger partial charge in [-0.25, -0.2) is 0 Å². The quantitative estimate of drug-likeness (QED) is 0.509. The van der Waals surface area contributed by atoms with Crippen LogP contribution in [0, 0.1) is 5.92 Å². The number of hydrogen-bond acceptors (Lipinski definition) is 8. The molecule has 1 aliphatic heterocycles. The maximum atomic E-state index is 5.43. The summed E-state index contributed by atoms with van der Waals surface area (Å²) in [5.41, 5.74) is 2.91. The lowest BCUT2D eigenvalue weighted by atomic mass is 10.2. The number of ether oxygens (including phenoxy) is 1. The first kappa shape index (κ1) is 18.5. The van der Waals surface area contributed by atoms with Crippen LogP contribution in [-0.2, 0) is 4.74 Å². The molecule has 152 valence electrons. The van der Waals surface area contributed by atoms with E-state index in [9.17, 15) is 0 Å². The summed E-state index contributed by atoms with van der Waals surface area (Å²) in [5, 5.41) is 16.1. The summed E-state index contributed by atoms with van der Waals surface area (Å²) in [7, 11) is 0. The van der Waals surface area contributed by atoms with Crippen LogP contribution in [0.1, 0.15) is 12.8 Å². The zero-order chi connectivity index (χ0) is 19.6. The minimum Gasteiger partial charge on any atom is -0.378 e. The van der Waals surface area contributed by atoms with Crippen LogP contribution < -0.4 is 15.5 Å². The molecular weight excluding hydrogens is 386 g/mol. The molecule has 3 N–H and O–H groups in total. The van der Waals surface area contributed by atoms with Crippen molar-refractivity contribution in [2.45, 2.75) is 17.9 Å². The van der Waals surface area contributed by atoms with Crippen LogP contribution in [0.2, 0.25) is 0 Å². The molecule has 1 aliphatic carbocycles. The molecule has 2 aromatic heterocycles. The highest BCUT2D eigenvalue weighted by Crippen LogP contribution is 2.33. The van der Waals surface area contributed by atoms with E-state index in [2.05, 4.69) is 55.0 Å². The number of fused-ring (bicyclic) bond motifs is 1. The molecule has 0 radical (unpaired) electrons. The van der Waals surface area contributed by atoms with Gasteiger partial charge in [0.2, 0.25) is 5.95 Å². The maximum Gasteiger partial charge on any atom is 0.231 e. The molecule has 0 amide bonds. The highest BCUT2D eigenvalue weighted by Gasteiger charge is 2.22. The molecule has 1 saturated carbocycles. The van der Waals surface area contributed by atoms with E-state index in [0.717, 1.165) is 66.3 Å². The van der Waals surface area contributed by atoms with Crippen LogP contribution in [0.5, 0.6) is 0 Å². The summed E-state index contributed by atoms with van der Waals surface area (Å²) in [4.78, 5) is 11.7. The number of anilines is 4. The normalized spacial score (nSPS) is 16.9. The molecule has 0 bridgehead atoms. The molecule has 5 rings (SSSR count). The van der Waals surface area contributed by atoms with Gasteiger partial charge in [-0.05, 0) is 49.3 Å². The van der Waals surface area contributed by atoms with Gasteiger partial charge in [0.05, 0.1) is 18.6 Å². The van der Waals surface area contributed by atoms with E-state index in [0.29, 0.717) is 5.95 Å². The van der Waals surface area contributed by atoms with Crippen LogP contribution in [0.25, 0.3) is 11.0 Å². The zero-order valence-electron chi connectivity index (χ0n) is 16.4. The van der Waals surface area contributed by atoms with Gasteiger partial charge in [0.25, 0.3) is 0 Å². The van der Waals surface area contributed by atoms with Crippen molar-refractivity contribution in [3.63, 3.8) is 0 Å². The summed E-state index contributed by atoms with van der Waals surface area (Å²) in [6.45, 7) is 4.37. The van der Waals surface area contributed by atoms with E-state index in [1.165, 1.54) is 18.5 Å². The largest absolute Gasteiger partial charge is 0.378 e. The molecule has 1 saturated heterocycles. The number of morpholine rings is 1. The number of aromatic amines is 1. The standard InChI is InChI=1S/C20H25N7OS/c1-29-19-16-17(21-12-13-2-3-13)23-20(24-18(16)25-26-19)22-14-4-6-15(7-5-14)27-8-10-28-11-9-27/h4-7,13H,2-3,8-12H2,1H3,(H3,21,22,23,24,25,26). The van der Waals surface area contributed by atoms with E-state index >= 15 is 0 Å². The fraction of sp³-hybridized carbons (Fsp3) is 0.450. The van der Waals surface area contributed by atoms with Crippen molar-refractivity contribution < 1.29 is 4.74 Å². The van der Waals surface area contributed by atoms with Crippen LogP contribution in [-0.4, -0.2) is 59.3 Å². The van der Waals surface area contributed by atoms with Crippen molar-refractivity contribution >= 4 is 45.9 Å². The third-order valence-corrected chi connectivity index (χ3v) is 6.02. The average Bonchev–Trinajstić information content (AvgIpc) is 3.51. The number of nitrogens with zero attached hydrogens (tertiary/aromatic N) is 4. The lowest BCUT2D eigenvalue weighted by molar-refractivity contribution is 0.122. The van der Waals surface area contributed by atoms with Crippen molar-refractivity contribution in [2.75, 3.05) is 54.6 Å². The lowest BCUT2D eigenvalue weighted by Crippen LogP contribution is -2.36. The molecule has 9 heteroatoms. The molecule has 8 nitrogen and oxygen atoms in total. The topological polar surface area (TPSA) is 91.0 Å². The third kappa shape index (κ3) is 4.11. The SMILES string of the molecule is CSc1n[nH]c2nc(Nc3ccc(N4CCOCC4)cc3)nc(NCC3CC3)c12. The van der Waals surface area contributed by atoms with Gasteiger partial charge in [-0.2, -0.15) is 15.1 Å². The summed E-state index contributed by atoms with van der Waals surface area (Å²) in [6, 6.07) is 8.38. The Balaban J connectivity index is 1.37. The Kier molecular flexibility index (Phi) is 5.15. The van der Waals surface area contributed by atoms with Gasteiger partial charge in [-0.3, -0.25) is 5.10 Å². The van der Waals surface area contributed by atoms with Gasteiger partial charge in [-0.15, -0.1) is 11.8 Å². The van der Waals surface area contributed by atoms with Crippen LogP contribution in [0.15, 0.2) is 29.3 Å². The number of H-pyrrole nitrogens is 1. The van der Waals surface area contributed by atoms with Gasteiger partial charge in [-0.1, -0.05) is 0 Å². The average molecular weight is 412 g/mol. The molecule has 2 aliphatic rings. The number of nitrogens with one attached hydrogen (secondary N) is 3. The van der Waals surface area contributed by atoms with Crippen molar-refractivity contribution in [3.8, 4) is 0 Å². The van der Waals surface area contributed by atoms with Gasteiger partial charge in [0.15, 0.2) is 5.65 Å². The van der Waals surface area contributed by atoms with Crippen LogP contribution in [0.3, 0.4) is 0 Å². The Hall–Kier alpha value is -2.52. The zero-order valence-corrected chi connectivity index (χ0v) is 17.3. The smallest absolute Gasteiger partial charge is 0.231 e. The fourth-order valence-corrected chi connectivity index (χ4v) is 4.04. The Bertz CT molecular complexity index is 980. The monoisotopic (exact) mass is 411 g/mol. The van der Waals surface area contributed by atoms with E-state index < -0.39 is 0 Å². The molecule has 29 heavy (non-hydrogen) atoms. The van der Waals surface area contributed by atoms with Gasteiger partial charge < -0.3 is 20.3 Å². The van der Waals surface area contributed by atoms with Crippen molar-refractivity contribution in [1.82, 2.24) is 20.2 Å². The Morgan fingerprint density at radius 3 is 2.69 bits per heavy atom. The highest BCUT2D eigenvalue weighted by atomic mass is 32.2. The molecule has 3 aromatic rings. The number of benzene rings is 1. The highest BCUT2D eigenvalue weighted by molar-refractivity contribution is 7.98. The van der Waals surface area contributed by atoms with E-state index in [-0.39, 0.29) is 0 Å². The molecule has 0 spiro atoms. The van der Waals surface area contributed by atoms with Crippen molar-refractivity contribution in [3.05, 3.63) is 24.3 Å². The fourth-order valence-electron chi connectivity index (χ4n) is 3.50. The van der Waals surface area contributed by atoms with E-state index in [1.54, 1.807) is 11.8 Å².